The van der Waals surface area contributed by atoms with Crippen LogP contribution >= 0.6 is 0 Å². The summed E-state index contributed by atoms with van der Waals surface area (Å²) in [4.78, 5) is 7.22. The molecule has 2 aromatic rings. The smallest absolute Gasteiger partial charge is 0.151 e. The maximum atomic E-state index is 9.36. The summed E-state index contributed by atoms with van der Waals surface area (Å²) in [5.41, 5.74) is 1.32. The molecule has 0 bridgehead atoms. The molecular weight excluding hydrogens is 312 g/mol. The molecule has 1 saturated heterocycles. The van der Waals surface area contributed by atoms with E-state index >= 15 is 0 Å². The topological polar surface area (TPSA) is 54.2 Å². The highest BCUT2D eigenvalue weighted by Gasteiger charge is 2.20. The van der Waals surface area contributed by atoms with Crippen LogP contribution < -0.4 is 0 Å². The Morgan fingerprint density at radius 3 is 2.60 bits per heavy atom. The molecule has 0 unspecified atom stereocenters. The Morgan fingerprint density at radius 1 is 1.20 bits per heavy atom. The van der Waals surface area contributed by atoms with Crippen molar-refractivity contribution in [2.75, 3.05) is 26.7 Å². The van der Waals surface area contributed by atoms with Gasteiger partial charge in [0.15, 0.2) is 5.82 Å². The first kappa shape index (κ1) is 18.1. The minimum absolute atomic E-state index is 0.101. The second kappa shape index (κ2) is 8.59. The van der Waals surface area contributed by atoms with E-state index in [4.69, 9.17) is 10.1 Å². The van der Waals surface area contributed by atoms with E-state index < -0.39 is 0 Å². The number of benzene rings is 1. The molecule has 1 aliphatic heterocycles. The Balaban J connectivity index is 1.69. The minimum atomic E-state index is 0.101. The van der Waals surface area contributed by atoms with Crippen molar-refractivity contribution in [3.63, 3.8) is 0 Å². The molecule has 1 N–H and O–H groups in total. The number of nitrogens with zero attached hydrogens (tertiary/aromatic N) is 4. The largest absolute Gasteiger partial charge is 0.394 e. The van der Waals surface area contributed by atoms with Crippen molar-refractivity contribution in [1.82, 2.24) is 19.7 Å². The summed E-state index contributed by atoms with van der Waals surface area (Å²) in [7, 11) is 2.19. The van der Waals surface area contributed by atoms with Crippen LogP contribution in [0.4, 0.5) is 0 Å². The zero-order valence-corrected chi connectivity index (χ0v) is 15.4. The molecule has 1 aliphatic rings. The van der Waals surface area contributed by atoms with Gasteiger partial charge in [0.1, 0.15) is 5.82 Å². The van der Waals surface area contributed by atoms with E-state index in [2.05, 4.69) is 43.1 Å². The standard InChI is InChI=1S/C20H30N4O/c1-16(18-6-4-3-5-7-18)14-20-21-19(22-24(20)12-13-25)15-17-8-10-23(2)11-9-17/h3-7,16-17,25H,8-15H2,1-2H3/t16-/m0/s1. The van der Waals surface area contributed by atoms with Crippen molar-refractivity contribution in [3.8, 4) is 0 Å². The van der Waals surface area contributed by atoms with Gasteiger partial charge in [-0.3, -0.25) is 0 Å². The molecule has 1 atom stereocenters. The number of aliphatic hydroxyl groups excluding tert-OH is 1. The molecule has 5 heteroatoms. The lowest BCUT2D eigenvalue weighted by Crippen LogP contribution is -2.31. The van der Waals surface area contributed by atoms with E-state index in [1.54, 1.807) is 0 Å². The third-order valence-corrected chi connectivity index (χ3v) is 5.27. The minimum Gasteiger partial charge on any atom is -0.394 e. The lowest BCUT2D eigenvalue weighted by Gasteiger charge is -2.28. The zero-order chi connectivity index (χ0) is 17.6. The fourth-order valence-corrected chi connectivity index (χ4v) is 3.64. The lowest BCUT2D eigenvalue weighted by molar-refractivity contribution is 0.217. The molecule has 0 saturated carbocycles. The van der Waals surface area contributed by atoms with Gasteiger partial charge in [-0.2, -0.15) is 5.10 Å². The van der Waals surface area contributed by atoms with Crippen LogP contribution in [0.1, 0.15) is 42.9 Å². The summed E-state index contributed by atoms with van der Waals surface area (Å²) < 4.78 is 1.91. The summed E-state index contributed by atoms with van der Waals surface area (Å²) in [5.74, 6) is 3.01. The lowest BCUT2D eigenvalue weighted by atomic mass is 9.93. The summed E-state index contributed by atoms with van der Waals surface area (Å²) in [5, 5.41) is 14.1. The second-order valence-corrected chi connectivity index (χ2v) is 7.36. The predicted molar refractivity (Wildman–Crippen MR) is 99.6 cm³/mol. The van der Waals surface area contributed by atoms with Gasteiger partial charge in [-0.25, -0.2) is 9.67 Å². The normalized spacial score (nSPS) is 17.7. The van der Waals surface area contributed by atoms with E-state index in [1.807, 2.05) is 10.7 Å². The molecule has 136 valence electrons. The Labute approximate surface area is 150 Å². The van der Waals surface area contributed by atoms with Crippen LogP contribution in [0, 0.1) is 5.92 Å². The van der Waals surface area contributed by atoms with E-state index in [0.717, 1.165) is 24.5 Å². The Kier molecular flexibility index (Phi) is 6.21. The van der Waals surface area contributed by atoms with Gasteiger partial charge in [0, 0.05) is 12.8 Å². The average Bonchev–Trinajstić information content (AvgIpc) is 2.99. The number of piperidine rings is 1. The van der Waals surface area contributed by atoms with Crippen molar-refractivity contribution in [2.45, 2.75) is 45.1 Å². The van der Waals surface area contributed by atoms with Gasteiger partial charge in [-0.1, -0.05) is 37.3 Å². The van der Waals surface area contributed by atoms with Gasteiger partial charge >= 0.3 is 0 Å². The maximum Gasteiger partial charge on any atom is 0.151 e. The first-order chi connectivity index (χ1) is 12.2. The molecule has 1 aromatic heterocycles. The first-order valence-corrected chi connectivity index (χ1v) is 9.42. The van der Waals surface area contributed by atoms with Crippen molar-refractivity contribution in [1.29, 1.82) is 0 Å². The summed E-state index contributed by atoms with van der Waals surface area (Å²) in [6.45, 7) is 5.19. The molecular formula is C20H30N4O. The molecule has 5 nitrogen and oxygen atoms in total. The number of likely N-dealkylation sites (tertiary alicyclic amines) is 1. The van der Waals surface area contributed by atoms with Crippen molar-refractivity contribution >= 4 is 0 Å². The molecule has 3 rings (SSSR count). The third-order valence-electron chi connectivity index (χ3n) is 5.27. The van der Waals surface area contributed by atoms with Crippen LogP contribution in [-0.4, -0.2) is 51.5 Å². The zero-order valence-electron chi connectivity index (χ0n) is 15.4. The van der Waals surface area contributed by atoms with Gasteiger partial charge in [-0.15, -0.1) is 0 Å². The first-order valence-electron chi connectivity index (χ1n) is 9.42. The van der Waals surface area contributed by atoms with Crippen LogP contribution in [0.3, 0.4) is 0 Å². The molecule has 1 aromatic carbocycles. The Hall–Kier alpha value is -1.72. The van der Waals surface area contributed by atoms with Gasteiger partial charge in [0.2, 0.25) is 0 Å². The van der Waals surface area contributed by atoms with Crippen LogP contribution in [0.15, 0.2) is 30.3 Å². The van der Waals surface area contributed by atoms with Crippen molar-refractivity contribution < 1.29 is 5.11 Å². The Morgan fingerprint density at radius 2 is 1.92 bits per heavy atom. The second-order valence-electron chi connectivity index (χ2n) is 7.36. The predicted octanol–water partition coefficient (Wildman–Crippen LogP) is 2.50. The highest BCUT2D eigenvalue weighted by molar-refractivity contribution is 5.20. The fourth-order valence-electron chi connectivity index (χ4n) is 3.64. The number of hydrogen-bond acceptors (Lipinski definition) is 4. The molecule has 0 spiro atoms. The number of aromatic nitrogens is 3. The SMILES string of the molecule is C[C@@H](Cc1nc(CC2CCN(C)CC2)nn1CCO)c1ccccc1. The van der Waals surface area contributed by atoms with E-state index in [0.29, 0.717) is 18.4 Å². The quantitative estimate of drug-likeness (QED) is 0.840. The molecule has 1 fully saturated rings. The van der Waals surface area contributed by atoms with Gasteiger partial charge < -0.3 is 10.0 Å². The average molecular weight is 342 g/mol. The number of aliphatic hydroxyl groups is 1. The molecule has 0 radical (unpaired) electrons. The highest BCUT2D eigenvalue weighted by Crippen LogP contribution is 2.22. The molecule has 25 heavy (non-hydrogen) atoms. The monoisotopic (exact) mass is 342 g/mol. The third kappa shape index (κ3) is 4.89. The summed E-state index contributed by atoms with van der Waals surface area (Å²) in [6.07, 6.45) is 4.25. The maximum absolute atomic E-state index is 9.36. The highest BCUT2D eigenvalue weighted by atomic mass is 16.3. The number of hydrogen-bond donors (Lipinski definition) is 1. The van der Waals surface area contributed by atoms with Crippen molar-refractivity contribution in [2.24, 2.45) is 5.92 Å². The molecule has 2 heterocycles. The summed E-state index contributed by atoms with van der Waals surface area (Å²) >= 11 is 0. The van der Waals surface area contributed by atoms with Gasteiger partial charge in [0.25, 0.3) is 0 Å². The van der Waals surface area contributed by atoms with Gasteiger partial charge in [0.05, 0.1) is 13.2 Å². The van der Waals surface area contributed by atoms with Crippen LogP contribution in [0.5, 0.6) is 0 Å². The van der Waals surface area contributed by atoms with Crippen molar-refractivity contribution in [3.05, 3.63) is 47.5 Å². The summed E-state index contributed by atoms with van der Waals surface area (Å²) in [6, 6.07) is 10.5. The van der Waals surface area contributed by atoms with Crippen LogP contribution in [-0.2, 0) is 19.4 Å². The molecule has 0 aliphatic carbocycles. The van der Waals surface area contributed by atoms with E-state index in [-0.39, 0.29) is 6.61 Å². The molecule has 0 amide bonds. The number of rotatable bonds is 7. The van der Waals surface area contributed by atoms with Gasteiger partial charge in [-0.05, 0) is 50.4 Å². The van der Waals surface area contributed by atoms with E-state index in [1.165, 1.54) is 31.5 Å². The van der Waals surface area contributed by atoms with Crippen LogP contribution in [0.2, 0.25) is 0 Å². The van der Waals surface area contributed by atoms with Crippen LogP contribution in [0.25, 0.3) is 0 Å². The Bertz CT molecular complexity index is 647. The van der Waals surface area contributed by atoms with E-state index in [9.17, 15) is 5.11 Å². The fraction of sp³-hybridized carbons (Fsp3) is 0.600.